The van der Waals surface area contributed by atoms with Gasteiger partial charge in [-0.3, -0.25) is 9.79 Å². The highest BCUT2D eigenvalue weighted by atomic mass is 16.5. The minimum absolute atomic E-state index is 0.0821. The van der Waals surface area contributed by atoms with Gasteiger partial charge in [0, 0.05) is 34.3 Å². The standard InChI is InChI=1S/C15H24N4O2/c1-16-15(18-11-14(20)17-9-10-21-3)19(2)12-13-7-5-4-6-8-13/h4-8H,9-12H2,1-3H3,(H,16,18)(H,17,20). The summed E-state index contributed by atoms with van der Waals surface area (Å²) in [7, 11) is 5.24. The number of hydrogen-bond acceptors (Lipinski definition) is 3. The van der Waals surface area contributed by atoms with Crippen molar-refractivity contribution < 1.29 is 9.53 Å². The number of nitrogens with zero attached hydrogens (tertiary/aromatic N) is 2. The summed E-state index contributed by atoms with van der Waals surface area (Å²) in [5.74, 6) is 0.599. The molecular weight excluding hydrogens is 268 g/mol. The minimum Gasteiger partial charge on any atom is -0.383 e. The van der Waals surface area contributed by atoms with Gasteiger partial charge < -0.3 is 20.3 Å². The van der Waals surface area contributed by atoms with E-state index in [1.54, 1.807) is 14.2 Å². The molecule has 116 valence electrons. The van der Waals surface area contributed by atoms with E-state index in [0.29, 0.717) is 19.1 Å². The smallest absolute Gasteiger partial charge is 0.239 e. The normalized spacial score (nSPS) is 11.1. The predicted octanol–water partition coefficient (Wildman–Crippen LogP) is 0.456. The number of carbonyl (C=O) groups excluding carboxylic acids is 1. The van der Waals surface area contributed by atoms with Crippen molar-refractivity contribution in [2.75, 3.05) is 40.9 Å². The van der Waals surface area contributed by atoms with E-state index < -0.39 is 0 Å². The van der Waals surface area contributed by atoms with E-state index in [4.69, 9.17) is 4.74 Å². The molecule has 0 aliphatic heterocycles. The quantitative estimate of drug-likeness (QED) is 0.435. The fraction of sp³-hybridized carbons (Fsp3) is 0.467. The maximum Gasteiger partial charge on any atom is 0.239 e. The predicted molar refractivity (Wildman–Crippen MR) is 84.2 cm³/mol. The number of rotatable bonds is 7. The molecular formula is C15H24N4O2. The van der Waals surface area contributed by atoms with Crippen molar-refractivity contribution in [3.05, 3.63) is 35.9 Å². The lowest BCUT2D eigenvalue weighted by Crippen LogP contribution is -2.44. The Kier molecular flexibility index (Phi) is 7.89. The first-order valence-corrected chi connectivity index (χ1v) is 6.88. The van der Waals surface area contributed by atoms with Crippen LogP contribution >= 0.6 is 0 Å². The second-order valence-corrected chi connectivity index (χ2v) is 4.59. The van der Waals surface area contributed by atoms with Crippen LogP contribution in [0.1, 0.15) is 5.56 Å². The molecule has 0 radical (unpaired) electrons. The largest absolute Gasteiger partial charge is 0.383 e. The second kappa shape index (κ2) is 9.77. The van der Waals surface area contributed by atoms with Crippen molar-refractivity contribution in [3.8, 4) is 0 Å². The van der Waals surface area contributed by atoms with Crippen LogP contribution in [-0.2, 0) is 16.1 Å². The Labute approximate surface area is 126 Å². The number of guanidine groups is 1. The average molecular weight is 292 g/mol. The van der Waals surface area contributed by atoms with Gasteiger partial charge in [0.1, 0.15) is 0 Å². The topological polar surface area (TPSA) is 66.0 Å². The summed E-state index contributed by atoms with van der Waals surface area (Å²) in [6.07, 6.45) is 0. The molecule has 0 aliphatic rings. The average Bonchev–Trinajstić information content (AvgIpc) is 2.49. The van der Waals surface area contributed by atoms with Crippen LogP contribution < -0.4 is 10.6 Å². The molecule has 6 heteroatoms. The zero-order valence-corrected chi connectivity index (χ0v) is 12.9. The van der Waals surface area contributed by atoms with Gasteiger partial charge in [-0.2, -0.15) is 0 Å². The van der Waals surface area contributed by atoms with E-state index in [1.165, 1.54) is 5.56 Å². The van der Waals surface area contributed by atoms with Crippen LogP contribution in [0.3, 0.4) is 0 Å². The van der Waals surface area contributed by atoms with Crippen molar-refractivity contribution in [1.82, 2.24) is 15.5 Å². The molecule has 1 aromatic rings. The second-order valence-electron chi connectivity index (χ2n) is 4.59. The first kappa shape index (κ1) is 17.0. The zero-order valence-electron chi connectivity index (χ0n) is 12.9. The van der Waals surface area contributed by atoms with Crippen molar-refractivity contribution >= 4 is 11.9 Å². The van der Waals surface area contributed by atoms with Gasteiger partial charge in [-0.1, -0.05) is 30.3 Å². The zero-order chi connectivity index (χ0) is 15.5. The third-order valence-electron chi connectivity index (χ3n) is 2.87. The SMILES string of the molecule is CN=C(NCC(=O)NCCOC)N(C)Cc1ccccc1. The number of benzene rings is 1. The number of methoxy groups -OCH3 is 1. The molecule has 0 unspecified atom stereocenters. The van der Waals surface area contributed by atoms with Crippen LogP contribution in [0, 0.1) is 0 Å². The first-order chi connectivity index (χ1) is 10.2. The summed E-state index contributed by atoms with van der Waals surface area (Å²) < 4.78 is 4.88. The van der Waals surface area contributed by atoms with Crippen LogP contribution in [-0.4, -0.2) is 57.7 Å². The van der Waals surface area contributed by atoms with Crippen LogP contribution in [0.25, 0.3) is 0 Å². The number of nitrogens with one attached hydrogen (secondary N) is 2. The molecule has 0 aliphatic carbocycles. The number of aliphatic imine (C=N–C) groups is 1. The highest BCUT2D eigenvalue weighted by Crippen LogP contribution is 2.02. The Bertz CT molecular complexity index is 448. The number of hydrogen-bond donors (Lipinski definition) is 2. The summed E-state index contributed by atoms with van der Waals surface area (Å²) >= 11 is 0. The molecule has 1 amide bonds. The fourth-order valence-electron chi connectivity index (χ4n) is 1.83. The molecule has 1 rings (SSSR count). The lowest BCUT2D eigenvalue weighted by molar-refractivity contribution is -0.120. The van der Waals surface area contributed by atoms with Gasteiger partial charge in [0.15, 0.2) is 5.96 Å². The summed E-state index contributed by atoms with van der Waals surface area (Å²) in [6.45, 7) is 1.94. The number of ether oxygens (including phenoxy) is 1. The van der Waals surface area contributed by atoms with Crippen molar-refractivity contribution in [2.45, 2.75) is 6.54 Å². The molecule has 0 atom stereocenters. The van der Waals surface area contributed by atoms with E-state index in [9.17, 15) is 4.79 Å². The highest BCUT2D eigenvalue weighted by molar-refractivity contribution is 5.86. The van der Waals surface area contributed by atoms with E-state index in [1.807, 2.05) is 30.1 Å². The Morgan fingerprint density at radius 3 is 2.62 bits per heavy atom. The third kappa shape index (κ3) is 6.76. The summed E-state index contributed by atoms with van der Waals surface area (Å²) in [6, 6.07) is 10.1. The molecule has 0 heterocycles. The van der Waals surface area contributed by atoms with Crippen LogP contribution in [0.4, 0.5) is 0 Å². The van der Waals surface area contributed by atoms with Crippen LogP contribution in [0.5, 0.6) is 0 Å². The maximum absolute atomic E-state index is 11.6. The Morgan fingerprint density at radius 2 is 2.00 bits per heavy atom. The molecule has 0 spiro atoms. The van der Waals surface area contributed by atoms with Crippen LogP contribution in [0.2, 0.25) is 0 Å². The summed E-state index contributed by atoms with van der Waals surface area (Å²) in [5.41, 5.74) is 1.19. The van der Waals surface area contributed by atoms with E-state index in [0.717, 1.165) is 6.54 Å². The van der Waals surface area contributed by atoms with Gasteiger partial charge in [-0.15, -0.1) is 0 Å². The molecule has 0 fully saturated rings. The third-order valence-corrected chi connectivity index (χ3v) is 2.87. The van der Waals surface area contributed by atoms with Gasteiger partial charge in [-0.25, -0.2) is 0 Å². The van der Waals surface area contributed by atoms with Crippen molar-refractivity contribution in [1.29, 1.82) is 0 Å². The molecule has 0 aromatic heterocycles. The fourth-order valence-corrected chi connectivity index (χ4v) is 1.83. The molecule has 6 nitrogen and oxygen atoms in total. The molecule has 1 aromatic carbocycles. The number of amides is 1. The molecule has 0 bridgehead atoms. The monoisotopic (exact) mass is 292 g/mol. The Hall–Kier alpha value is -2.08. The highest BCUT2D eigenvalue weighted by Gasteiger charge is 2.08. The van der Waals surface area contributed by atoms with Gasteiger partial charge in [0.25, 0.3) is 0 Å². The molecule has 21 heavy (non-hydrogen) atoms. The summed E-state index contributed by atoms with van der Waals surface area (Å²) in [5, 5.41) is 5.79. The van der Waals surface area contributed by atoms with Crippen LogP contribution in [0.15, 0.2) is 35.3 Å². The van der Waals surface area contributed by atoms with E-state index in [-0.39, 0.29) is 12.5 Å². The molecule has 0 saturated carbocycles. The minimum atomic E-state index is -0.0821. The Morgan fingerprint density at radius 1 is 1.29 bits per heavy atom. The maximum atomic E-state index is 11.6. The molecule has 0 saturated heterocycles. The van der Waals surface area contributed by atoms with Crippen molar-refractivity contribution in [3.63, 3.8) is 0 Å². The van der Waals surface area contributed by atoms with Gasteiger partial charge in [0.05, 0.1) is 13.2 Å². The van der Waals surface area contributed by atoms with Gasteiger partial charge >= 0.3 is 0 Å². The van der Waals surface area contributed by atoms with Crippen molar-refractivity contribution in [2.24, 2.45) is 4.99 Å². The Balaban J connectivity index is 2.39. The molecule has 2 N–H and O–H groups in total. The lowest BCUT2D eigenvalue weighted by atomic mass is 10.2. The van der Waals surface area contributed by atoms with E-state index >= 15 is 0 Å². The van der Waals surface area contributed by atoms with Gasteiger partial charge in [-0.05, 0) is 5.56 Å². The lowest BCUT2D eigenvalue weighted by Gasteiger charge is -2.22. The van der Waals surface area contributed by atoms with E-state index in [2.05, 4.69) is 27.8 Å². The first-order valence-electron chi connectivity index (χ1n) is 6.88. The van der Waals surface area contributed by atoms with Gasteiger partial charge in [0.2, 0.25) is 5.91 Å². The summed E-state index contributed by atoms with van der Waals surface area (Å²) in [4.78, 5) is 17.8. The number of carbonyl (C=O) groups is 1.